The molecule has 0 saturated carbocycles. The van der Waals surface area contributed by atoms with Crippen LogP contribution in [-0.4, -0.2) is 32.4 Å². The number of nitrogens with one attached hydrogen (secondary N) is 1. The van der Waals surface area contributed by atoms with E-state index in [-0.39, 0.29) is 10.7 Å². The molecular weight excluding hydrogens is 305 g/mol. The SMILES string of the molecule is NCC1CCN(S(=O)(=O)Nc2ccc(F)c(Cl)c2)CC1. The van der Waals surface area contributed by atoms with Crippen molar-refractivity contribution < 1.29 is 12.8 Å². The Hall–Kier alpha value is -0.890. The van der Waals surface area contributed by atoms with E-state index in [0.717, 1.165) is 18.9 Å². The van der Waals surface area contributed by atoms with Gasteiger partial charge in [-0.15, -0.1) is 0 Å². The Labute approximate surface area is 123 Å². The Morgan fingerprint density at radius 3 is 2.60 bits per heavy atom. The second-order valence-electron chi connectivity index (χ2n) is 4.81. The molecule has 2 rings (SSSR count). The van der Waals surface area contributed by atoms with Crippen molar-refractivity contribution in [2.75, 3.05) is 24.4 Å². The van der Waals surface area contributed by atoms with Crippen LogP contribution >= 0.6 is 11.6 Å². The molecular formula is C12H17ClFN3O2S. The molecule has 5 nitrogen and oxygen atoms in total. The highest BCUT2D eigenvalue weighted by atomic mass is 35.5. The summed E-state index contributed by atoms with van der Waals surface area (Å²) in [5.74, 6) is -0.208. The molecule has 0 bridgehead atoms. The van der Waals surface area contributed by atoms with E-state index >= 15 is 0 Å². The number of benzene rings is 1. The summed E-state index contributed by atoms with van der Waals surface area (Å²) in [6.45, 7) is 1.45. The van der Waals surface area contributed by atoms with Gasteiger partial charge in [-0.05, 0) is 43.5 Å². The molecule has 1 saturated heterocycles. The average molecular weight is 322 g/mol. The van der Waals surface area contributed by atoms with E-state index < -0.39 is 16.0 Å². The van der Waals surface area contributed by atoms with Crippen molar-refractivity contribution in [2.24, 2.45) is 11.7 Å². The molecule has 112 valence electrons. The molecule has 3 N–H and O–H groups in total. The maximum Gasteiger partial charge on any atom is 0.301 e. The lowest BCUT2D eigenvalue weighted by molar-refractivity contribution is 0.280. The van der Waals surface area contributed by atoms with Gasteiger partial charge in [0.15, 0.2) is 0 Å². The summed E-state index contributed by atoms with van der Waals surface area (Å²) in [4.78, 5) is 0. The minimum atomic E-state index is -3.64. The van der Waals surface area contributed by atoms with Gasteiger partial charge in [0.1, 0.15) is 5.82 Å². The third kappa shape index (κ3) is 3.60. The van der Waals surface area contributed by atoms with Crippen molar-refractivity contribution in [3.63, 3.8) is 0 Å². The van der Waals surface area contributed by atoms with Crippen LogP contribution in [0.2, 0.25) is 5.02 Å². The number of hydrogen-bond donors (Lipinski definition) is 2. The molecule has 0 radical (unpaired) electrons. The van der Waals surface area contributed by atoms with E-state index in [1.165, 1.54) is 16.4 Å². The molecule has 0 atom stereocenters. The van der Waals surface area contributed by atoms with Gasteiger partial charge < -0.3 is 5.73 Å². The van der Waals surface area contributed by atoms with Gasteiger partial charge >= 0.3 is 10.2 Å². The van der Waals surface area contributed by atoms with E-state index in [9.17, 15) is 12.8 Å². The van der Waals surface area contributed by atoms with Gasteiger partial charge in [0, 0.05) is 13.1 Å². The van der Waals surface area contributed by atoms with E-state index in [2.05, 4.69) is 4.72 Å². The zero-order valence-corrected chi connectivity index (χ0v) is 12.4. The minimum Gasteiger partial charge on any atom is -0.330 e. The second kappa shape index (κ2) is 6.26. The van der Waals surface area contributed by atoms with Crippen LogP contribution in [0, 0.1) is 11.7 Å². The van der Waals surface area contributed by atoms with Crippen LogP contribution in [0.3, 0.4) is 0 Å². The Balaban J connectivity index is 2.05. The molecule has 1 aliphatic heterocycles. The third-order valence-corrected chi connectivity index (χ3v) is 5.24. The maximum atomic E-state index is 13.0. The number of halogens is 2. The predicted octanol–water partition coefficient (Wildman–Crippen LogP) is 1.81. The monoisotopic (exact) mass is 321 g/mol. The number of nitrogens with two attached hydrogens (primary N) is 1. The van der Waals surface area contributed by atoms with E-state index in [1.54, 1.807) is 0 Å². The lowest BCUT2D eigenvalue weighted by Crippen LogP contribution is -2.42. The van der Waals surface area contributed by atoms with Crippen LogP contribution in [0.25, 0.3) is 0 Å². The van der Waals surface area contributed by atoms with Crippen LogP contribution < -0.4 is 10.5 Å². The van der Waals surface area contributed by atoms with Crippen molar-refractivity contribution in [1.82, 2.24) is 4.31 Å². The fraction of sp³-hybridized carbons (Fsp3) is 0.500. The van der Waals surface area contributed by atoms with E-state index in [4.69, 9.17) is 17.3 Å². The van der Waals surface area contributed by atoms with Crippen LogP contribution in [-0.2, 0) is 10.2 Å². The highest BCUT2D eigenvalue weighted by Gasteiger charge is 2.27. The van der Waals surface area contributed by atoms with Crippen LogP contribution in [0.15, 0.2) is 18.2 Å². The normalized spacial score (nSPS) is 18.1. The maximum absolute atomic E-state index is 13.0. The minimum absolute atomic E-state index is 0.118. The molecule has 8 heteroatoms. The molecule has 0 amide bonds. The van der Waals surface area contributed by atoms with Gasteiger partial charge in [-0.2, -0.15) is 12.7 Å². The van der Waals surface area contributed by atoms with Crippen molar-refractivity contribution in [1.29, 1.82) is 0 Å². The molecule has 1 aliphatic rings. The zero-order chi connectivity index (χ0) is 14.8. The van der Waals surface area contributed by atoms with Crippen molar-refractivity contribution >= 4 is 27.5 Å². The molecule has 0 aromatic heterocycles. The quantitative estimate of drug-likeness (QED) is 0.888. The molecule has 1 aromatic carbocycles. The number of nitrogens with zero attached hydrogens (tertiary/aromatic N) is 1. The summed E-state index contributed by atoms with van der Waals surface area (Å²) in [6.07, 6.45) is 1.50. The van der Waals surface area contributed by atoms with Crippen LogP contribution in [0.5, 0.6) is 0 Å². The van der Waals surface area contributed by atoms with Crippen LogP contribution in [0.4, 0.5) is 10.1 Å². The van der Waals surface area contributed by atoms with Gasteiger partial charge in [0.25, 0.3) is 0 Å². The summed E-state index contributed by atoms with van der Waals surface area (Å²) in [6, 6.07) is 3.72. The van der Waals surface area contributed by atoms with Gasteiger partial charge in [-0.25, -0.2) is 4.39 Å². The summed E-state index contributed by atoms with van der Waals surface area (Å²) in [5.41, 5.74) is 5.83. The third-order valence-electron chi connectivity index (χ3n) is 3.41. The number of anilines is 1. The van der Waals surface area contributed by atoms with Gasteiger partial charge in [-0.3, -0.25) is 4.72 Å². The summed E-state index contributed by atoms with van der Waals surface area (Å²) in [7, 11) is -3.64. The first-order valence-corrected chi connectivity index (χ1v) is 8.17. The number of piperidine rings is 1. The zero-order valence-electron chi connectivity index (χ0n) is 10.9. The van der Waals surface area contributed by atoms with Crippen LogP contribution in [0.1, 0.15) is 12.8 Å². The first-order chi connectivity index (χ1) is 9.42. The number of hydrogen-bond acceptors (Lipinski definition) is 3. The summed E-state index contributed by atoms with van der Waals surface area (Å²) < 4.78 is 41.2. The molecule has 0 aliphatic carbocycles. The molecule has 0 spiro atoms. The van der Waals surface area contributed by atoms with Gasteiger partial charge in [0.05, 0.1) is 10.7 Å². The lowest BCUT2D eigenvalue weighted by Gasteiger charge is -2.30. The second-order valence-corrected chi connectivity index (χ2v) is 6.89. The number of rotatable bonds is 4. The first-order valence-electron chi connectivity index (χ1n) is 6.35. The Bertz CT molecular complexity index is 574. The predicted molar refractivity (Wildman–Crippen MR) is 77.3 cm³/mol. The molecule has 1 fully saturated rings. The highest BCUT2D eigenvalue weighted by molar-refractivity contribution is 7.90. The fourth-order valence-corrected chi connectivity index (χ4v) is 3.58. The highest BCUT2D eigenvalue weighted by Crippen LogP contribution is 2.23. The van der Waals surface area contributed by atoms with E-state index in [1.807, 2.05) is 0 Å². The van der Waals surface area contributed by atoms with E-state index in [0.29, 0.717) is 25.6 Å². The standard InChI is InChI=1S/C12H17ClFN3O2S/c13-11-7-10(1-2-12(11)14)16-20(18,19)17-5-3-9(8-15)4-6-17/h1-2,7,9,16H,3-6,8,15H2. The largest absolute Gasteiger partial charge is 0.330 e. The molecule has 20 heavy (non-hydrogen) atoms. The summed E-state index contributed by atoms with van der Waals surface area (Å²) >= 11 is 5.63. The lowest BCUT2D eigenvalue weighted by atomic mass is 9.99. The Kier molecular flexibility index (Phi) is 4.85. The average Bonchev–Trinajstić information content (AvgIpc) is 2.43. The Morgan fingerprint density at radius 1 is 1.40 bits per heavy atom. The molecule has 1 aromatic rings. The molecule has 0 unspecified atom stereocenters. The van der Waals surface area contributed by atoms with Crippen molar-refractivity contribution in [3.05, 3.63) is 29.0 Å². The van der Waals surface area contributed by atoms with Gasteiger partial charge in [0.2, 0.25) is 0 Å². The molecule has 1 heterocycles. The van der Waals surface area contributed by atoms with Crippen molar-refractivity contribution in [2.45, 2.75) is 12.8 Å². The van der Waals surface area contributed by atoms with Gasteiger partial charge in [-0.1, -0.05) is 11.6 Å². The first kappa shape index (κ1) is 15.5. The fourth-order valence-electron chi connectivity index (χ4n) is 2.16. The summed E-state index contributed by atoms with van der Waals surface area (Å²) in [5, 5.41) is -0.118. The topological polar surface area (TPSA) is 75.4 Å². The van der Waals surface area contributed by atoms with Crippen molar-refractivity contribution in [3.8, 4) is 0 Å². The smallest absolute Gasteiger partial charge is 0.301 e. The Morgan fingerprint density at radius 2 is 2.05 bits per heavy atom.